The summed E-state index contributed by atoms with van der Waals surface area (Å²) in [5, 5.41) is 3.62. The van der Waals surface area contributed by atoms with Crippen LogP contribution in [0.1, 0.15) is 44.6 Å². The molecule has 1 aliphatic carbocycles. The highest BCUT2D eigenvalue weighted by Crippen LogP contribution is 2.34. The Morgan fingerprint density at radius 1 is 1.15 bits per heavy atom. The molecule has 110 valence electrons. The highest BCUT2D eigenvalue weighted by atomic mass is 16.5. The minimum absolute atomic E-state index is 0.526. The van der Waals surface area contributed by atoms with Gasteiger partial charge in [0, 0.05) is 12.5 Å². The minimum atomic E-state index is 0.526. The molecule has 1 N–H and O–H groups in total. The predicted molar refractivity (Wildman–Crippen MR) is 80.7 cm³/mol. The Labute approximate surface area is 121 Å². The topological polar surface area (TPSA) is 30.5 Å². The number of rotatable bonds is 5. The zero-order chi connectivity index (χ0) is 13.9. The first kappa shape index (κ1) is 13.7. The first-order valence-electron chi connectivity index (χ1n) is 7.87. The Morgan fingerprint density at radius 2 is 1.90 bits per heavy atom. The molecular formula is C17H25NO2. The van der Waals surface area contributed by atoms with Crippen LogP contribution in [0.4, 0.5) is 0 Å². The van der Waals surface area contributed by atoms with Gasteiger partial charge in [0.2, 0.25) is 0 Å². The predicted octanol–water partition coefficient (Wildman–Crippen LogP) is 3.34. The molecule has 2 unspecified atom stereocenters. The van der Waals surface area contributed by atoms with Gasteiger partial charge in [0.1, 0.15) is 0 Å². The lowest BCUT2D eigenvalue weighted by Crippen LogP contribution is -2.26. The van der Waals surface area contributed by atoms with Crippen molar-refractivity contribution in [2.75, 3.05) is 19.8 Å². The van der Waals surface area contributed by atoms with E-state index < -0.39 is 0 Å². The zero-order valence-electron chi connectivity index (χ0n) is 12.5. The second-order valence-electron chi connectivity index (χ2n) is 6.21. The van der Waals surface area contributed by atoms with Gasteiger partial charge in [-0.25, -0.2) is 0 Å². The van der Waals surface area contributed by atoms with E-state index in [-0.39, 0.29) is 0 Å². The van der Waals surface area contributed by atoms with E-state index in [1.165, 1.54) is 18.4 Å². The first-order chi connectivity index (χ1) is 9.74. The highest BCUT2D eigenvalue weighted by molar-refractivity contribution is 5.44. The van der Waals surface area contributed by atoms with Gasteiger partial charge in [0.25, 0.3) is 0 Å². The molecule has 2 aliphatic rings. The molecule has 0 aromatic heterocycles. The van der Waals surface area contributed by atoms with E-state index in [0.29, 0.717) is 11.8 Å². The van der Waals surface area contributed by atoms with Crippen molar-refractivity contribution >= 4 is 0 Å². The highest BCUT2D eigenvalue weighted by Gasteiger charge is 2.23. The second kappa shape index (κ2) is 6.04. The molecule has 1 aliphatic heterocycles. The van der Waals surface area contributed by atoms with Crippen molar-refractivity contribution in [1.29, 1.82) is 0 Å². The van der Waals surface area contributed by atoms with Crippen LogP contribution in [-0.4, -0.2) is 25.8 Å². The molecule has 0 amide bonds. The summed E-state index contributed by atoms with van der Waals surface area (Å²) in [7, 11) is 0. The lowest BCUT2D eigenvalue weighted by molar-refractivity contribution is 0.297. The summed E-state index contributed by atoms with van der Waals surface area (Å²) in [5.41, 5.74) is 1.35. The summed E-state index contributed by atoms with van der Waals surface area (Å²) < 4.78 is 11.5. The van der Waals surface area contributed by atoms with Crippen LogP contribution in [0.25, 0.3) is 0 Å². The van der Waals surface area contributed by atoms with Crippen molar-refractivity contribution < 1.29 is 9.47 Å². The van der Waals surface area contributed by atoms with Gasteiger partial charge in [-0.15, -0.1) is 0 Å². The van der Waals surface area contributed by atoms with Gasteiger partial charge in [0.15, 0.2) is 11.5 Å². The lowest BCUT2D eigenvalue weighted by atomic mass is 9.88. The van der Waals surface area contributed by atoms with E-state index in [0.717, 1.165) is 43.7 Å². The van der Waals surface area contributed by atoms with Gasteiger partial charge in [-0.3, -0.25) is 0 Å². The van der Waals surface area contributed by atoms with Gasteiger partial charge in [-0.1, -0.05) is 19.9 Å². The molecule has 3 nitrogen and oxygen atoms in total. The molecule has 1 heterocycles. The Balaban J connectivity index is 1.67. The third kappa shape index (κ3) is 3.26. The fraction of sp³-hybridized carbons (Fsp3) is 0.647. The molecule has 1 fully saturated rings. The fourth-order valence-corrected chi connectivity index (χ4v) is 2.61. The van der Waals surface area contributed by atoms with Crippen LogP contribution >= 0.6 is 0 Å². The van der Waals surface area contributed by atoms with E-state index in [1.807, 2.05) is 0 Å². The van der Waals surface area contributed by atoms with Crippen LogP contribution in [0.15, 0.2) is 18.2 Å². The molecule has 0 radical (unpaired) electrons. The normalized spacial score (nSPS) is 21.1. The van der Waals surface area contributed by atoms with Gasteiger partial charge >= 0.3 is 0 Å². The molecule has 1 aromatic carbocycles. The molecule has 3 rings (SSSR count). The average Bonchev–Trinajstić information content (AvgIpc) is 3.29. The average molecular weight is 275 g/mol. The molecule has 3 heteroatoms. The maximum absolute atomic E-state index is 5.79. The van der Waals surface area contributed by atoms with E-state index in [2.05, 4.69) is 37.4 Å². The van der Waals surface area contributed by atoms with Gasteiger partial charge < -0.3 is 14.8 Å². The van der Waals surface area contributed by atoms with Crippen molar-refractivity contribution in [2.45, 2.75) is 45.1 Å². The summed E-state index contributed by atoms with van der Waals surface area (Å²) in [5.74, 6) is 2.95. The van der Waals surface area contributed by atoms with Gasteiger partial charge in [-0.2, -0.15) is 0 Å². The van der Waals surface area contributed by atoms with Crippen LogP contribution in [0, 0.1) is 5.92 Å². The van der Waals surface area contributed by atoms with Crippen LogP contribution < -0.4 is 14.8 Å². The Morgan fingerprint density at radius 3 is 2.65 bits per heavy atom. The Kier molecular flexibility index (Phi) is 4.16. The number of hydrogen-bond donors (Lipinski definition) is 1. The van der Waals surface area contributed by atoms with E-state index in [1.54, 1.807) is 0 Å². The molecule has 1 aromatic rings. The van der Waals surface area contributed by atoms with E-state index in [9.17, 15) is 0 Å². The smallest absolute Gasteiger partial charge is 0.161 e. The molecule has 0 bridgehead atoms. The summed E-state index contributed by atoms with van der Waals surface area (Å²) >= 11 is 0. The number of ether oxygens (including phenoxy) is 2. The van der Waals surface area contributed by atoms with Crippen molar-refractivity contribution in [3.63, 3.8) is 0 Å². The van der Waals surface area contributed by atoms with Crippen molar-refractivity contribution in [3.8, 4) is 11.5 Å². The number of fused-ring (bicyclic) bond motifs is 1. The van der Waals surface area contributed by atoms with Crippen LogP contribution in [-0.2, 0) is 0 Å². The van der Waals surface area contributed by atoms with E-state index in [4.69, 9.17) is 9.47 Å². The largest absolute Gasteiger partial charge is 0.490 e. The SMILES string of the molecule is CC(CNC1CC1)C(C)c1ccc2c(c1)OCCCO2. The monoisotopic (exact) mass is 275 g/mol. The standard InChI is InChI=1S/C17H25NO2/c1-12(11-18-15-5-6-15)13(2)14-4-7-16-17(10-14)20-9-3-8-19-16/h4,7,10,12-13,15,18H,3,5-6,8-9,11H2,1-2H3. The lowest BCUT2D eigenvalue weighted by Gasteiger charge is -2.22. The van der Waals surface area contributed by atoms with Crippen molar-refractivity contribution in [1.82, 2.24) is 5.32 Å². The molecule has 20 heavy (non-hydrogen) atoms. The summed E-state index contributed by atoms with van der Waals surface area (Å²) in [4.78, 5) is 0. The third-order valence-corrected chi connectivity index (χ3v) is 4.46. The van der Waals surface area contributed by atoms with E-state index >= 15 is 0 Å². The van der Waals surface area contributed by atoms with Crippen LogP contribution in [0.3, 0.4) is 0 Å². The molecule has 2 atom stereocenters. The number of benzene rings is 1. The summed E-state index contributed by atoms with van der Waals surface area (Å²) in [6.07, 6.45) is 3.66. The maximum Gasteiger partial charge on any atom is 0.161 e. The molecular weight excluding hydrogens is 250 g/mol. The number of nitrogens with one attached hydrogen (secondary N) is 1. The second-order valence-corrected chi connectivity index (χ2v) is 6.21. The summed E-state index contributed by atoms with van der Waals surface area (Å²) in [6, 6.07) is 7.20. The molecule has 0 saturated heterocycles. The summed E-state index contributed by atoms with van der Waals surface area (Å²) in [6.45, 7) is 7.23. The van der Waals surface area contributed by atoms with Crippen LogP contribution in [0.2, 0.25) is 0 Å². The van der Waals surface area contributed by atoms with Crippen molar-refractivity contribution in [3.05, 3.63) is 23.8 Å². The molecule has 1 saturated carbocycles. The number of hydrogen-bond acceptors (Lipinski definition) is 3. The quantitative estimate of drug-likeness (QED) is 0.894. The Bertz CT molecular complexity index is 456. The van der Waals surface area contributed by atoms with Gasteiger partial charge in [0.05, 0.1) is 13.2 Å². The Hall–Kier alpha value is -1.22. The maximum atomic E-state index is 5.79. The third-order valence-electron chi connectivity index (χ3n) is 4.46. The van der Waals surface area contributed by atoms with Gasteiger partial charge in [-0.05, 0) is 48.9 Å². The van der Waals surface area contributed by atoms with Crippen LogP contribution in [0.5, 0.6) is 11.5 Å². The molecule has 0 spiro atoms. The zero-order valence-corrected chi connectivity index (χ0v) is 12.5. The minimum Gasteiger partial charge on any atom is -0.490 e. The fourth-order valence-electron chi connectivity index (χ4n) is 2.61. The first-order valence-corrected chi connectivity index (χ1v) is 7.87. The van der Waals surface area contributed by atoms with Crippen molar-refractivity contribution in [2.24, 2.45) is 5.92 Å².